The van der Waals surface area contributed by atoms with Gasteiger partial charge in [0, 0.05) is 5.69 Å². The van der Waals surface area contributed by atoms with Crippen molar-refractivity contribution in [3.8, 4) is 0 Å². The molecule has 0 spiro atoms. The summed E-state index contributed by atoms with van der Waals surface area (Å²) in [5.74, 6) is -1.43. The summed E-state index contributed by atoms with van der Waals surface area (Å²) in [4.78, 5) is 25.3. The molecular weight excluding hydrogens is 260 g/mol. The zero-order chi connectivity index (χ0) is 14.1. The van der Waals surface area contributed by atoms with E-state index < -0.39 is 11.8 Å². The van der Waals surface area contributed by atoms with E-state index in [2.05, 4.69) is 20.6 Å². The number of benzene rings is 1. The summed E-state index contributed by atoms with van der Waals surface area (Å²) < 4.78 is 0. The van der Waals surface area contributed by atoms with E-state index >= 15 is 0 Å². The summed E-state index contributed by atoms with van der Waals surface area (Å²) in [6.07, 6.45) is 0.326. The van der Waals surface area contributed by atoms with E-state index in [4.69, 9.17) is 5.73 Å². The second-order valence-electron chi connectivity index (χ2n) is 4.54. The number of carbonyl (C=O) groups excluding carboxylic acids is 2. The van der Waals surface area contributed by atoms with Gasteiger partial charge in [0.2, 0.25) is 11.8 Å². The van der Waals surface area contributed by atoms with Gasteiger partial charge in [-0.25, -0.2) is 0 Å². The maximum absolute atomic E-state index is 12.4. The van der Waals surface area contributed by atoms with Crippen molar-refractivity contribution in [3.63, 3.8) is 0 Å². The summed E-state index contributed by atoms with van der Waals surface area (Å²) in [7, 11) is 0. The van der Waals surface area contributed by atoms with Gasteiger partial charge in [0.15, 0.2) is 5.82 Å². The SMILES string of the molecule is NC(=O)C1Cc2ccccc2N(Cc2nn[nH]n2)C1=O. The molecule has 8 heteroatoms. The fourth-order valence-corrected chi connectivity index (χ4v) is 2.34. The van der Waals surface area contributed by atoms with Crippen LogP contribution in [0.2, 0.25) is 0 Å². The number of fused-ring (bicyclic) bond motifs is 1. The average molecular weight is 272 g/mol. The molecule has 2 aromatic rings. The number of hydrogen-bond donors (Lipinski definition) is 2. The molecule has 8 nitrogen and oxygen atoms in total. The molecule has 1 unspecified atom stereocenters. The van der Waals surface area contributed by atoms with Gasteiger partial charge in [0.05, 0.1) is 6.54 Å². The zero-order valence-electron chi connectivity index (χ0n) is 10.5. The van der Waals surface area contributed by atoms with Crippen molar-refractivity contribution in [2.24, 2.45) is 11.7 Å². The summed E-state index contributed by atoms with van der Waals surface area (Å²) >= 11 is 0. The summed E-state index contributed by atoms with van der Waals surface area (Å²) in [5, 5.41) is 13.4. The molecule has 1 aliphatic heterocycles. The van der Waals surface area contributed by atoms with Crippen molar-refractivity contribution in [3.05, 3.63) is 35.7 Å². The molecule has 1 aromatic heterocycles. The molecule has 0 saturated heterocycles. The van der Waals surface area contributed by atoms with Crippen molar-refractivity contribution >= 4 is 17.5 Å². The number of aromatic amines is 1. The van der Waals surface area contributed by atoms with Crippen LogP contribution in [0.4, 0.5) is 5.69 Å². The number of anilines is 1. The van der Waals surface area contributed by atoms with Gasteiger partial charge in [-0.3, -0.25) is 9.59 Å². The highest BCUT2D eigenvalue weighted by Crippen LogP contribution is 2.31. The molecule has 20 heavy (non-hydrogen) atoms. The van der Waals surface area contributed by atoms with E-state index in [1.165, 1.54) is 4.90 Å². The number of nitrogens with two attached hydrogens (primary N) is 1. The first-order valence-corrected chi connectivity index (χ1v) is 6.07. The Labute approximate surface area is 114 Å². The first-order chi connectivity index (χ1) is 9.66. The largest absolute Gasteiger partial charge is 0.369 e. The van der Waals surface area contributed by atoms with Crippen LogP contribution < -0.4 is 10.6 Å². The molecule has 0 bridgehead atoms. The minimum absolute atomic E-state index is 0.149. The minimum atomic E-state index is -0.850. The molecule has 1 aromatic carbocycles. The molecule has 1 aliphatic rings. The van der Waals surface area contributed by atoms with Crippen molar-refractivity contribution in [2.75, 3.05) is 4.90 Å². The van der Waals surface area contributed by atoms with Gasteiger partial charge in [-0.1, -0.05) is 23.4 Å². The number of primary amides is 1. The summed E-state index contributed by atoms with van der Waals surface area (Å²) in [6.45, 7) is 0.149. The van der Waals surface area contributed by atoms with Crippen molar-refractivity contribution in [1.82, 2.24) is 20.6 Å². The molecule has 2 heterocycles. The molecule has 2 amide bonds. The Kier molecular flexibility index (Phi) is 2.90. The maximum atomic E-state index is 12.4. The van der Waals surface area contributed by atoms with Crippen LogP contribution >= 0.6 is 0 Å². The van der Waals surface area contributed by atoms with Gasteiger partial charge in [0.25, 0.3) is 0 Å². The Balaban J connectivity index is 2.01. The molecular formula is C12H12N6O2. The van der Waals surface area contributed by atoms with E-state index in [0.717, 1.165) is 11.3 Å². The van der Waals surface area contributed by atoms with E-state index in [0.29, 0.717) is 12.2 Å². The number of nitrogens with one attached hydrogen (secondary N) is 1. The Bertz CT molecular complexity index is 654. The second-order valence-corrected chi connectivity index (χ2v) is 4.54. The quantitative estimate of drug-likeness (QED) is 0.723. The lowest BCUT2D eigenvalue weighted by atomic mass is 9.91. The van der Waals surface area contributed by atoms with E-state index in [1.807, 2.05) is 24.3 Å². The highest BCUT2D eigenvalue weighted by molar-refractivity contribution is 6.09. The Morgan fingerprint density at radius 1 is 1.45 bits per heavy atom. The van der Waals surface area contributed by atoms with Crippen LogP contribution in [-0.4, -0.2) is 32.4 Å². The molecule has 0 radical (unpaired) electrons. The van der Waals surface area contributed by atoms with Crippen LogP contribution in [0.5, 0.6) is 0 Å². The maximum Gasteiger partial charge on any atom is 0.240 e. The van der Waals surface area contributed by atoms with Crippen molar-refractivity contribution < 1.29 is 9.59 Å². The third-order valence-electron chi connectivity index (χ3n) is 3.30. The standard InChI is InChI=1S/C12H12N6O2/c13-11(19)8-5-7-3-1-2-4-9(7)18(12(8)20)6-10-14-16-17-15-10/h1-4,8H,5-6H2,(H2,13,19)(H,14,15,16,17). The van der Waals surface area contributed by atoms with Gasteiger partial charge in [-0.05, 0) is 18.1 Å². The number of aromatic nitrogens is 4. The van der Waals surface area contributed by atoms with Crippen LogP contribution in [0, 0.1) is 5.92 Å². The molecule has 102 valence electrons. The van der Waals surface area contributed by atoms with E-state index in [9.17, 15) is 9.59 Å². The predicted molar refractivity (Wildman–Crippen MR) is 68.2 cm³/mol. The van der Waals surface area contributed by atoms with Crippen LogP contribution in [0.3, 0.4) is 0 Å². The topological polar surface area (TPSA) is 118 Å². The van der Waals surface area contributed by atoms with E-state index in [1.54, 1.807) is 0 Å². The number of para-hydroxylation sites is 1. The molecule has 1 atom stereocenters. The fourth-order valence-electron chi connectivity index (χ4n) is 2.34. The first kappa shape index (κ1) is 12.3. The third-order valence-corrected chi connectivity index (χ3v) is 3.30. The second kappa shape index (κ2) is 4.72. The lowest BCUT2D eigenvalue weighted by Crippen LogP contribution is -2.46. The molecule has 3 rings (SSSR count). The Hall–Kier alpha value is -2.77. The third kappa shape index (κ3) is 2.00. The van der Waals surface area contributed by atoms with Gasteiger partial charge in [-0.2, -0.15) is 5.21 Å². The molecule has 0 fully saturated rings. The summed E-state index contributed by atoms with van der Waals surface area (Å²) in [5.41, 5.74) is 6.97. The Morgan fingerprint density at radius 2 is 2.25 bits per heavy atom. The Morgan fingerprint density at radius 3 is 2.95 bits per heavy atom. The average Bonchev–Trinajstić information content (AvgIpc) is 2.94. The number of amides is 2. The highest BCUT2D eigenvalue weighted by Gasteiger charge is 2.36. The van der Waals surface area contributed by atoms with Gasteiger partial charge >= 0.3 is 0 Å². The number of carbonyl (C=O) groups is 2. The van der Waals surface area contributed by atoms with Crippen LogP contribution in [0.15, 0.2) is 24.3 Å². The van der Waals surface area contributed by atoms with Gasteiger partial charge in [-0.15, -0.1) is 10.2 Å². The molecule has 0 aliphatic carbocycles. The number of nitrogens with zero attached hydrogens (tertiary/aromatic N) is 4. The smallest absolute Gasteiger partial charge is 0.240 e. The minimum Gasteiger partial charge on any atom is -0.369 e. The number of H-pyrrole nitrogens is 1. The van der Waals surface area contributed by atoms with Crippen molar-refractivity contribution in [2.45, 2.75) is 13.0 Å². The lowest BCUT2D eigenvalue weighted by molar-refractivity contribution is -0.132. The molecule has 3 N–H and O–H groups in total. The fraction of sp³-hybridized carbons (Fsp3) is 0.250. The van der Waals surface area contributed by atoms with Gasteiger partial charge in [0.1, 0.15) is 5.92 Å². The normalized spacial score (nSPS) is 17.9. The predicted octanol–water partition coefficient (Wildman–Crippen LogP) is -0.610. The van der Waals surface area contributed by atoms with Crippen LogP contribution in [0.25, 0.3) is 0 Å². The summed E-state index contributed by atoms with van der Waals surface area (Å²) in [6, 6.07) is 7.39. The number of rotatable bonds is 3. The monoisotopic (exact) mass is 272 g/mol. The highest BCUT2D eigenvalue weighted by atomic mass is 16.2. The number of hydrogen-bond acceptors (Lipinski definition) is 5. The lowest BCUT2D eigenvalue weighted by Gasteiger charge is -2.32. The number of tetrazole rings is 1. The zero-order valence-corrected chi connectivity index (χ0v) is 10.5. The van der Waals surface area contributed by atoms with Crippen LogP contribution in [-0.2, 0) is 22.6 Å². The van der Waals surface area contributed by atoms with Crippen molar-refractivity contribution in [1.29, 1.82) is 0 Å². The van der Waals surface area contributed by atoms with E-state index in [-0.39, 0.29) is 12.5 Å². The van der Waals surface area contributed by atoms with Crippen LogP contribution in [0.1, 0.15) is 11.4 Å². The van der Waals surface area contributed by atoms with Gasteiger partial charge < -0.3 is 10.6 Å². The molecule has 0 saturated carbocycles. The first-order valence-electron chi connectivity index (χ1n) is 6.07.